The van der Waals surface area contributed by atoms with Gasteiger partial charge in [0.2, 0.25) is 5.91 Å². The molecule has 1 heterocycles. The van der Waals surface area contributed by atoms with Gasteiger partial charge < -0.3 is 19.7 Å². The molecule has 24 heavy (non-hydrogen) atoms. The number of benzene rings is 1. The zero-order valence-electron chi connectivity index (χ0n) is 13.6. The van der Waals surface area contributed by atoms with Gasteiger partial charge in [-0.15, -0.1) is 4.91 Å². The van der Waals surface area contributed by atoms with Crippen molar-refractivity contribution in [1.29, 1.82) is 0 Å². The van der Waals surface area contributed by atoms with Crippen LogP contribution < -0.4 is 9.97 Å². The van der Waals surface area contributed by atoms with Gasteiger partial charge in [0.25, 0.3) is 0 Å². The second-order valence-electron chi connectivity index (χ2n) is 5.43. The molecule has 0 aliphatic carbocycles. The van der Waals surface area contributed by atoms with Gasteiger partial charge in [0.15, 0.2) is 0 Å². The standard InChI is InChI=1S/C15H19BN2O6/c1-3-5-13(19)17-12-7-9-6-10(18-22)8-11(15(20)23-4-2)14(9)24-16(12)21/h6,8,12,21H,3-5,7H2,1-2H3,(H,17,19)/t12-/m0/s1. The number of hydrogen-bond acceptors (Lipinski definition) is 7. The first-order valence-electron chi connectivity index (χ1n) is 7.81. The Morgan fingerprint density at radius 2 is 2.21 bits per heavy atom. The highest BCUT2D eigenvalue weighted by molar-refractivity contribution is 6.47. The van der Waals surface area contributed by atoms with Crippen LogP contribution in [0.4, 0.5) is 5.69 Å². The van der Waals surface area contributed by atoms with Crippen LogP contribution in [0.1, 0.15) is 42.6 Å². The third-order valence-electron chi connectivity index (χ3n) is 3.60. The highest BCUT2D eigenvalue weighted by atomic mass is 16.5. The van der Waals surface area contributed by atoms with Crippen molar-refractivity contribution < 1.29 is 24.0 Å². The first-order valence-corrected chi connectivity index (χ1v) is 7.81. The Bertz CT molecular complexity index is 651. The van der Waals surface area contributed by atoms with Crippen LogP contribution in [0, 0.1) is 4.91 Å². The summed E-state index contributed by atoms with van der Waals surface area (Å²) in [5, 5.41) is 15.7. The van der Waals surface area contributed by atoms with Crippen LogP contribution in [-0.2, 0) is 16.0 Å². The number of rotatable bonds is 6. The van der Waals surface area contributed by atoms with Gasteiger partial charge >= 0.3 is 13.1 Å². The smallest absolute Gasteiger partial charge is 0.534 e. The molecule has 2 N–H and O–H groups in total. The Morgan fingerprint density at radius 3 is 2.83 bits per heavy atom. The first kappa shape index (κ1) is 17.9. The fourth-order valence-electron chi connectivity index (χ4n) is 2.55. The summed E-state index contributed by atoms with van der Waals surface area (Å²) >= 11 is 0. The summed E-state index contributed by atoms with van der Waals surface area (Å²) in [5.41, 5.74) is 0.582. The minimum atomic E-state index is -1.30. The number of amides is 1. The highest BCUT2D eigenvalue weighted by Crippen LogP contribution is 2.34. The maximum absolute atomic E-state index is 12.0. The van der Waals surface area contributed by atoms with Crippen molar-refractivity contribution in [1.82, 2.24) is 5.32 Å². The number of carbonyl (C=O) groups is 2. The molecule has 0 saturated carbocycles. The fraction of sp³-hybridized carbons (Fsp3) is 0.467. The van der Waals surface area contributed by atoms with Crippen molar-refractivity contribution in [3.8, 4) is 5.75 Å². The van der Waals surface area contributed by atoms with Crippen LogP contribution in [0.15, 0.2) is 17.3 Å². The Morgan fingerprint density at radius 1 is 1.46 bits per heavy atom. The van der Waals surface area contributed by atoms with Crippen molar-refractivity contribution in [2.75, 3.05) is 6.61 Å². The van der Waals surface area contributed by atoms with Crippen molar-refractivity contribution in [2.45, 2.75) is 39.1 Å². The van der Waals surface area contributed by atoms with E-state index in [0.29, 0.717) is 18.4 Å². The predicted octanol–water partition coefficient (Wildman–Crippen LogP) is 1.50. The molecule has 8 nitrogen and oxygen atoms in total. The number of fused-ring (bicyclic) bond motifs is 1. The van der Waals surface area contributed by atoms with Crippen LogP contribution in [0.5, 0.6) is 5.75 Å². The normalized spacial score (nSPS) is 16.0. The second-order valence-corrected chi connectivity index (χ2v) is 5.43. The van der Waals surface area contributed by atoms with Gasteiger partial charge in [0, 0.05) is 6.42 Å². The summed E-state index contributed by atoms with van der Waals surface area (Å²) in [5.74, 6) is -1.40. The van der Waals surface area contributed by atoms with E-state index >= 15 is 0 Å². The molecule has 0 unspecified atom stereocenters. The summed E-state index contributed by atoms with van der Waals surface area (Å²) in [6, 6.07) is 2.72. The van der Waals surface area contributed by atoms with E-state index in [1.165, 1.54) is 12.1 Å². The Balaban J connectivity index is 2.32. The van der Waals surface area contributed by atoms with Crippen LogP contribution in [0.25, 0.3) is 0 Å². The first-order chi connectivity index (χ1) is 11.5. The number of ether oxygens (including phenoxy) is 1. The molecule has 1 amide bonds. The summed E-state index contributed by atoms with van der Waals surface area (Å²) < 4.78 is 10.4. The van der Waals surface area contributed by atoms with E-state index in [9.17, 15) is 19.5 Å². The van der Waals surface area contributed by atoms with E-state index in [4.69, 9.17) is 9.39 Å². The average Bonchev–Trinajstić information content (AvgIpc) is 2.55. The molecule has 2 rings (SSSR count). The molecular formula is C15H19BN2O6. The van der Waals surface area contributed by atoms with Gasteiger partial charge in [-0.2, -0.15) is 0 Å². The van der Waals surface area contributed by atoms with Crippen molar-refractivity contribution in [2.24, 2.45) is 5.18 Å². The molecule has 9 heteroatoms. The van der Waals surface area contributed by atoms with E-state index in [2.05, 4.69) is 10.5 Å². The predicted molar refractivity (Wildman–Crippen MR) is 87.0 cm³/mol. The van der Waals surface area contributed by atoms with Crippen molar-refractivity contribution in [3.05, 3.63) is 28.2 Å². The molecule has 0 bridgehead atoms. The van der Waals surface area contributed by atoms with E-state index < -0.39 is 19.0 Å². The number of nitrogens with one attached hydrogen (secondary N) is 1. The van der Waals surface area contributed by atoms with Crippen LogP contribution in [-0.4, -0.2) is 36.6 Å². The zero-order valence-corrected chi connectivity index (χ0v) is 13.6. The van der Waals surface area contributed by atoms with E-state index in [1.54, 1.807) is 6.92 Å². The zero-order chi connectivity index (χ0) is 17.7. The minimum Gasteiger partial charge on any atom is -0.534 e. The monoisotopic (exact) mass is 334 g/mol. The lowest BCUT2D eigenvalue weighted by Crippen LogP contribution is -2.53. The topological polar surface area (TPSA) is 114 Å². The fourth-order valence-corrected chi connectivity index (χ4v) is 2.55. The number of esters is 1. The minimum absolute atomic E-state index is 0.0290. The Labute approximate surface area is 139 Å². The number of carbonyl (C=O) groups excluding carboxylic acids is 2. The SMILES string of the molecule is CCCC(=O)N[C@H]1Cc2cc(N=O)cc(C(=O)OCC)c2OB1O. The molecule has 0 radical (unpaired) electrons. The van der Waals surface area contributed by atoms with Gasteiger partial charge in [-0.1, -0.05) is 6.92 Å². The number of hydrogen-bond donors (Lipinski definition) is 2. The van der Waals surface area contributed by atoms with E-state index in [1.807, 2.05) is 6.92 Å². The van der Waals surface area contributed by atoms with Crippen LogP contribution >= 0.6 is 0 Å². The summed E-state index contributed by atoms with van der Waals surface area (Å²) in [7, 11) is -1.30. The molecule has 0 spiro atoms. The molecule has 1 atom stereocenters. The number of nitrogens with zero attached hydrogens (tertiary/aromatic N) is 1. The lowest BCUT2D eigenvalue weighted by atomic mass is 9.72. The molecular weight excluding hydrogens is 315 g/mol. The molecule has 0 aromatic heterocycles. The maximum atomic E-state index is 12.0. The third-order valence-corrected chi connectivity index (χ3v) is 3.60. The summed E-state index contributed by atoms with van der Waals surface area (Å²) in [6.07, 6.45) is 1.22. The van der Waals surface area contributed by atoms with Gasteiger partial charge in [0.05, 0.1) is 12.5 Å². The molecule has 1 aromatic rings. The molecule has 0 fully saturated rings. The van der Waals surface area contributed by atoms with E-state index in [-0.39, 0.29) is 35.9 Å². The Kier molecular flexibility index (Phi) is 5.91. The third kappa shape index (κ3) is 3.91. The van der Waals surface area contributed by atoms with E-state index in [0.717, 1.165) is 0 Å². The highest BCUT2D eigenvalue weighted by Gasteiger charge is 2.38. The lowest BCUT2D eigenvalue weighted by Gasteiger charge is -2.29. The molecule has 1 aliphatic heterocycles. The van der Waals surface area contributed by atoms with Gasteiger partial charge in [-0.25, -0.2) is 4.79 Å². The average molecular weight is 334 g/mol. The lowest BCUT2D eigenvalue weighted by molar-refractivity contribution is -0.121. The Hall–Kier alpha value is -2.42. The van der Waals surface area contributed by atoms with Crippen LogP contribution in [0.3, 0.4) is 0 Å². The van der Waals surface area contributed by atoms with Gasteiger partial charge in [0.1, 0.15) is 17.0 Å². The quantitative estimate of drug-likeness (QED) is 0.463. The number of nitroso groups, excluding NO2 is 1. The second kappa shape index (κ2) is 7.91. The maximum Gasteiger partial charge on any atom is 0.547 e. The summed E-state index contributed by atoms with van der Waals surface area (Å²) in [4.78, 5) is 34.6. The molecule has 128 valence electrons. The van der Waals surface area contributed by atoms with Crippen molar-refractivity contribution >= 4 is 24.7 Å². The summed E-state index contributed by atoms with van der Waals surface area (Å²) in [6.45, 7) is 3.68. The van der Waals surface area contributed by atoms with Gasteiger partial charge in [-0.05, 0) is 42.6 Å². The molecule has 1 aliphatic rings. The molecule has 0 saturated heterocycles. The largest absolute Gasteiger partial charge is 0.547 e. The molecule has 1 aromatic carbocycles. The van der Waals surface area contributed by atoms with Crippen LogP contribution in [0.2, 0.25) is 0 Å². The van der Waals surface area contributed by atoms with Gasteiger partial charge in [-0.3, -0.25) is 4.79 Å². The van der Waals surface area contributed by atoms with Crippen molar-refractivity contribution in [3.63, 3.8) is 0 Å².